The molecule has 4 nitrogen and oxygen atoms in total. The van der Waals surface area contributed by atoms with Crippen molar-refractivity contribution in [3.05, 3.63) is 47.3 Å². The molecule has 0 amide bonds. The predicted molar refractivity (Wildman–Crippen MR) is 85.8 cm³/mol. The number of nitrogen functional groups attached to an aromatic ring is 1. The number of pyridine rings is 1. The Balaban J connectivity index is 2.34. The molecule has 2 N–H and O–H groups in total. The Hall–Kier alpha value is -2.49. The number of nitrogens with two attached hydrogens (primary N) is 1. The van der Waals surface area contributed by atoms with E-state index in [0.29, 0.717) is 5.69 Å². The summed E-state index contributed by atoms with van der Waals surface area (Å²) in [4.78, 5) is 4.73. The third kappa shape index (κ3) is 2.13. The highest BCUT2D eigenvalue weighted by atomic mass is 16.5. The van der Waals surface area contributed by atoms with Crippen molar-refractivity contribution in [3.8, 4) is 17.0 Å². The van der Waals surface area contributed by atoms with E-state index in [1.54, 1.807) is 7.11 Å². The zero-order valence-corrected chi connectivity index (χ0v) is 12.8. The van der Waals surface area contributed by atoms with Crippen molar-refractivity contribution in [3.63, 3.8) is 0 Å². The molecule has 0 fully saturated rings. The summed E-state index contributed by atoms with van der Waals surface area (Å²) in [6.45, 7) is 6.14. The Morgan fingerprint density at radius 2 is 1.86 bits per heavy atom. The van der Waals surface area contributed by atoms with Crippen molar-refractivity contribution >= 4 is 11.3 Å². The lowest BCUT2D eigenvalue weighted by Gasteiger charge is -2.08. The number of nitrogens with zero attached hydrogens (tertiary/aromatic N) is 2. The first-order valence-electron chi connectivity index (χ1n) is 6.91. The van der Waals surface area contributed by atoms with E-state index in [1.165, 1.54) is 5.56 Å². The van der Waals surface area contributed by atoms with Gasteiger partial charge in [-0.1, -0.05) is 11.6 Å². The van der Waals surface area contributed by atoms with Crippen molar-refractivity contribution < 1.29 is 4.74 Å². The first-order valence-corrected chi connectivity index (χ1v) is 6.91. The second kappa shape index (κ2) is 4.81. The lowest BCUT2D eigenvalue weighted by atomic mass is 10.1. The molecule has 3 aromatic rings. The Morgan fingerprint density at radius 1 is 1.10 bits per heavy atom. The van der Waals surface area contributed by atoms with Crippen LogP contribution in [0, 0.1) is 20.8 Å². The number of hydrogen-bond donors (Lipinski definition) is 1. The van der Waals surface area contributed by atoms with Crippen LogP contribution >= 0.6 is 0 Å². The molecule has 0 atom stereocenters. The van der Waals surface area contributed by atoms with Crippen molar-refractivity contribution in [1.29, 1.82) is 0 Å². The van der Waals surface area contributed by atoms with Crippen LogP contribution in [0.2, 0.25) is 0 Å². The standard InChI is InChI=1S/C17H19N3O/c1-10-5-6-15(21-4)13(7-10)16-12(3)20-9-11(2)8-14(18)17(20)19-16/h5-9H,18H2,1-4H3. The highest BCUT2D eigenvalue weighted by molar-refractivity contribution is 5.77. The predicted octanol–water partition coefficient (Wildman–Crippen LogP) is 3.52. The van der Waals surface area contributed by atoms with E-state index in [4.69, 9.17) is 15.5 Å². The van der Waals surface area contributed by atoms with Gasteiger partial charge in [0, 0.05) is 17.5 Å². The van der Waals surface area contributed by atoms with Gasteiger partial charge in [0.1, 0.15) is 5.75 Å². The van der Waals surface area contributed by atoms with Gasteiger partial charge in [-0.2, -0.15) is 0 Å². The second-order valence-corrected chi connectivity index (χ2v) is 5.42. The number of ether oxygens (including phenoxy) is 1. The van der Waals surface area contributed by atoms with Crippen LogP contribution in [-0.4, -0.2) is 16.5 Å². The third-order valence-electron chi connectivity index (χ3n) is 3.73. The largest absolute Gasteiger partial charge is 0.496 e. The number of rotatable bonds is 2. The van der Waals surface area contributed by atoms with Crippen LogP contribution in [0.3, 0.4) is 0 Å². The average Bonchev–Trinajstić information content (AvgIpc) is 2.77. The molecule has 1 aromatic carbocycles. The summed E-state index contributed by atoms with van der Waals surface area (Å²) >= 11 is 0. The topological polar surface area (TPSA) is 52.5 Å². The molecule has 21 heavy (non-hydrogen) atoms. The molecule has 4 heteroatoms. The van der Waals surface area contributed by atoms with E-state index in [9.17, 15) is 0 Å². The minimum Gasteiger partial charge on any atom is -0.496 e. The molecule has 2 heterocycles. The molecule has 0 saturated carbocycles. The maximum absolute atomic E-state index is 6.10. The van der Waals surface area contributed by atoms with E-state index in [0.717, 1.165) is 33.9 Å². The molecule has 2 aromatic heterocycles. The Morgan fingerprint density at radius 3 is 2.57 bits per heavy atom. The Kier molecular flexibility index (Phi) is 3.09. The number of fused-ring (bicyclic) bond motifs is 1. The molecule has 0 aliphatic carbocycles. The van der Waals surface area contributed by atoms with E-state index in [1.807, 2.05) is 29.5 Å². The lowest BCUT2D eigenvalue weighted by Crippen LogP contribution is -1.95. The smallest absolute Gasteiger partial charge is 0.160 e. The van der Waals surface area contributed by atoms with Gasteiger partial charge in [0.05, 0.1) is 18.5 Å². The average molecular weight is 281 g/mol. The molecule has 0 bridgehead atoms. The van der Waals surface area contributed by atoms with Gasteiger partial charge in [-0.05, 0) is 44.5 Å². The maximum Gasteiger partial charge on any atom is 0.160 e. The van der Waals surface area contributed by atoms with E-state index in [2.05, 4.69) is 26.1 Å². The normalized spacial score (nSPS) is 11.0. The van der Waals surface area contributed by atoms with Crippen molar-refractivity contribution in [2.24, 2.45) is 0 Å². The lowest BCUT2D eigenvalue weighted by molar-refractivity contribution is 0.416. The summed E-state index contributed by atoms with van der Waals surface area (Å²) in [5.41, 5.74) is 12.8. The van der Waals surface area contributed by atoms with E-state index >= 15 is 0 Å². The van der Waals surface area contributed by atoms with Gasteiger partial charge in [0.25, 0.3) is 0 Å². The molecule has 0 spiro atoms. The van der Waals surface area contributed by atoms with E-state index < -0.39 is 0 Å². The number of aryl methyl sites for hydroxylation is 3. The van der Waals surface area contributed by atoms with Crippen LogP contribution in [0.5, 0.6) is 5.75 Å². The minimum absolute atomic E-state index is 0.691. The zero-order chi connectivity index (χ0) is 15.1. The Labute approximate surface area is 124 Å². The monoisotopic (exact) mass is 281 g/mol. The zero-order valence-electron chi connectivity index (χ0n) is 12.8. The summed E-state index contributed by atoms with van der Waals surface area (Å²) in [5.74, 6) is 0.822. The minimum atomic E-state index is 0.691. The maximum atomic E-state index is 6.10. The molecule has 3 rings (SSSR count). The third-order valence-corrected chi connectivity index (χ3v) is 3.73. The van der Waals surface area contributed by atoms with Crippen LogP contribution in [0.15, 0.2) is 30.5 Å². The number of benzene rings is 1. The summed E-state index contributed by atoms with van der Waals surface area (Å²) < 4.78 is 7.52. The number of imidazole rings is 1. The Bertz CT molecular complexity index is 834. The number of aromatic nitrogens is 2. The first-order chi connectivity index (χ1) is 10.0. The molecular weight excluding hydrogens is 262 g/mol. The fourth-order valence-electron chi connectivity index (χ4n) is 2.69. The highest BCUT2D eigenvalue weighted by Crippen LogP contribution is 2.33. The van der Waals surface area contributed by atoms with Crippen molar-refractivity contribution in [1.82, 2.24) is 9.38 Å². The summed E-state index contributed by atoms with van der Waals surface area (Å²) in [7, 11) is 1.68. The van der Waals surface area contributed by atoms with Gasteiger partial charge < -0.3 is 14.9 Å². The van der Waals surface area contributed by atoms with Gasteiger partial charge in [-0.15, -0.1) is 0 Å². The van der Waals surface area contributed by atoms with Crippen molar-refractivity contribution in [2.75, 3.05) is 12.8 Å². The van der Waals surface area contributed by atoms with Crippen molar-refractivity contribution in [2.45, 2.75) is 20.8 Å². The second-order valence-electron chi connectivity index (χ2n) is 5.42. The van der Waals surface area contributed by atoms with Gasteiger partial charge >= 0.3 is 0 Å². The molecule has 0 unspecified atom stereocenters. The van der Waals surface area contributed by atoms with Crippen LogP contribution in [0.4, 0.5) is 5.69 Å². The molecular formula is C17H19N3O. The summed E-state index contributed by atoms with van der Waals surface area (Å²) in [6.07, 6.45) is 2.06. The quantitative estimate of drug-likeness (QED) is 0.782. The van der Waals surface area contributed by atoms with Gasteiger partial charge in [-0.3, -0.25) is 0 Å². The number of methoxy groups -OCH3 is 1. The van der Waals surface area contributed by atoms with E-state index in [-0.39, 0.29) is 0 Å². The van der Waals surface area contributed by atoms with Crippen LogP contribution < -0.4 is 10.5 Å². The molecule has 0 aliphatic heterocycles. The fourth-order valence-corrected chi connectivity index (χ4v) is 2.69. The number of hydrogen-bond acceptors (Lipinski definition) is 3. The SMILES string of the molecule is COc1ccc(C)cc1-c1nc2c(N)cc(C)cn2c1C. The van der Waals surface area contributed by atoms with Crippen LogP contribution in [0.25, 0.3) is 16.9 Å². The summed E-state index contributed by atoms with van der Waals surface area (Å²) in [5, 5.41) is 0. The molecule has 0 saturated heterocycles. The van der Waals surface area contributed by atoms with Gasteiger partial charge in [-0.25, -0.2) is 4.98 Å². The molecule has 108 valence electrons. The summed E-state index contributed by atoms with van der Waals surface area (Å²) in [6, 6.07) is 8.05. The van der Waals surface area contributed by atoms with Gasteiger partial charge in [0.2, 0.25) is 0 Å². The first kappa shape index (κ1) is 13.5. The molecule has 0 aliphatic rings. The number of anilines is 1. The molecule has 0 radical (unpaired) electrons. The highest BCUT2D eigenvalue weighted by Gasteiger charge is 2.16. The van der Waals surface area contributed by atoms with Crippen LogP contribution in [-0.2, 0) is 0 Å². The van der Waals surface area contributed by atoms with Gasteiger partial charge in [0.15, 0.2) is 5.65 Å². The fraction of sp³-hybridized carbons (Fsp3) is 0.235. The van der Waals surface area contributed by atoms with Crippen LogP contribution in [0.1, 0.15) is 16.8 Å².